The van der Waals surface area contributed by atoms with E-state index in [-0.39, 0.29) is 11.8 Å². The molecule has 0 fully saturated rings. The maximum atomic E-state index is 12.1. The van der Waals surface area contributed by atoms with Gasteiger partial charge in [0.1, 0.15) is 5.75 Å². The minimum atomic E-state index is -4.66. The van der Waals surface area contributed by atoms with Gasteiger partial charge in [-0.15, -0.1) is 13.2 Å². The van der Waals surface area contributed by atoms with Crippen molar-refractivity contribution in [3.63, 3.8) is 0 Å². The molecule has 0 amide bonds. The molecule has 1 aromatic heterocycles. The Labute approximate surface area is 120 Å². The summed E-state index contributed by atoms with van der Waals surface area (Å²) in [6.45, 7) is 2.58. The van der Waals surface area contributed by atoms with Crippen molar-refractivity contribution in [2.24, 2.45) is 7.05 Å². The van der Waals surface area contributed by atoms with Gasteiger partial charge < -0.3 is 10.1 Å². The van der Waals surface area contributed by atoms with Crippen molar-refractivity contribution in [1.82, 2.24) is 15.1 Å². The van der Waals surface area contributed by atoms with Gasteiger partial charge in [0, 0.05) is 31.4 Å². The van der Waals surface area contributed by atoms with E-state index in [2.05, 4.69) is 15.2 Å². The molecule has 0 aliphatic carbocycles. The van der Waals surface area contributed by atoms with Crippen molar-refractivity contribution in [2.45, 2.75) is 25.9 Å². The minimum Gasteiger partial charge on any atom is -0.406 e. The molecule has 7 heteroatoms. The number of ether oxygens (including phenoxy) is 1. The first kappa shape index (κ1) is 15.4. The Morgan fingerprint density at radius 2 is 1.95 bits per heavy atom. The number of nitrogens with zero attached hydrogens (tertiary/aromatic N) is 2. The van der Waals surface area contributed by atoms with Crippen LogP contribution < -0.4 is 10.1 Å². The average molecular weight is 299 g/mol. The molecule has 1 atom stereocenters. The molecule has 2 rings (SSSR count). The highest BCUT2D eigenvalue weighted by molar-refractivity contribution is 5.29. The molecule has 0 bridgehead atoms. The quantitative estimate of drug-likeness (QED) is 0.921. The highest BCUT2D eigenvalue weighted by atomic mass is 19.4. The van der Waals surface area contributed by atoms with E-state index in [1.165, 1.54) is 12.1 Å². The van der Waals surface area contributed by atoms with E-state index >= 15 is 0 Å². The summed E-state index contributed by atoms with van der Waals surface area (Å²) < 4.78 is 41.8. The monoisotopic (exact) mass is 299 g/mol. The molecule has 2 aromatic rings. The molecule has 0 spiro atoms. The van der Waals surface area contributed by atoms with Crippen molar-refractivity contribution >= 4 is 0 Å². The first-order valence-electron chi connectivity index (χ1n) is 6.40. The molecule has 21 heavy (non-hydrogen) atoms. The Bertz CT molecular complexity index is 578. The van der Waals surface area contributed by atoms with E-state index in [4.69, 9.17) is 0 Å². The number of hydrogen-bond acceptors (Lipinski definition) is 3. The Balaban J connectivity index is 1.91. The highest BCUT2D eigenvalue weighted by Crippen LogP contribution is 2.24. The number of halogens is 3. The molecule has 0 saturated heterocycles. The summed E-state index contributed by atoms with van der Waals surface area (Å²) in [5.74, 6) is -0.217. The van der Waals surface area contributed by atoms with Crippen molar-refractivity contribution < 1.29 is 17.9 Å². The van der Waals surface area contributed by atoms with E-state index in [0.29, 0.717) is 6.54 Å². The van der Waals surface area contributed by atoms with Crippen LogP contribution in [0.4, 0.5) is 13.2 Å². The summed E-state index contributed by atoms with van der Waals surface area (Å²) in [5.41, 5.74) is 1.93. The normalized spacial score (nSPS) is 13.2. The average Bonchev–Trinajstić information content (AvgIpc) is 2.81. The third kappa shape index (κ3) is 4.78. The van der Waals surface area contributed by atoms with E-state index in [9.17, 15) is 13.2 Å². The predicted molar refractivity (Wildman–Crippen MR) is 71.6 cm³/mol. The fourth-order valence-corrected chi connectivity index (χ4v) is 1.91. The van der Waals surface area contributed by atoms with Crippen molar-refractivity contribution in [3.05, 3.63) is 47.8 Å². The zero-order valence-corrected chi connectivity index (χ0v) is 11.7. The summed E-state index contributed by atoms with van der Waals surface area (Å²) in [6, 6.07) is 5.85. The van der Waals surface area contributed by atoms with Crippen LogP contribution in [0, 0.1) is 0 Å². The highest BCUT2D eigenvalue weighted by Gasteiger charge is 2.30. The SMILES string of the molecule is CC(NCc1cnn(C)c1)c1ccc(OC(F)(F)F)cc1. The molecule has 0 radical (unpaired) electrons. The second-order valence-corrected chi connectivity index (χ2v) is 4.74. The number of benzene rings is 1. The molecule has 1 unspecified atom stereocenters. The van der Waals surface area contributed by atoms with Gasteiger partial charge in [-0.3, -0.25) is 4.68 Å². The number of aromatic nitrogens is 2. The second-order valence-electron chi connectivity index (χ2n) is 4.74. The van der Waals surface area contributed by atoms with Crippen LogP contribution in [0.15, 0.2) is 36.7 Å². The van der Waals surface area contributed by atoms with Gasteiger partial charge in [0.25, 0.3) is 0 Å². The lowest BCUT2D eigenvalue weighted by molar-refractivity contribution is -0.274. The standard InChI is InChI=1S/C14H16F3N3O/c1-10(18-7-11-8-19-20(2)9-11)12-3-5-13(6-4-12)21-14(15,16)17/h3-6,8-10,18H,7H2,1-2H3. The molecular weight excluding hydrogens is 283 g/mol. The lowest BCUT2D eigenvalue weighted by atomic mass is 10.1. The number of nitrogens with one attached hydrogen (secondary N) is 1. The Morgan fingerprint density at radius 1 is 1.29 bits per heavy atom. The molecule has 1 aromatic carbocycles. The zero-order chi connectivity index (χ0) is 15.5. The lowest BCUT2D eigenvalue weighted by Crippen LogP contribution is -2.18. The first-order valence-corrected chi connectivity index (χ1v) is 6.40. The molecule has 4 nitrogen and oxygen atoms in total. The van der Waals surface area contributed by atoms with Gasteiger partial charge in [0.15, 0.2) is 0 Å². The summed E-state index contributed by atoms with van der Waals surface area (Å²) in [7, 11) is 1.84. The Morgan fingerprint density at radius 3 is 2.48 bits per heavy atom. The molecule has 1 N–H and O–H groups in total. The topological polar surface area (TPSA) is 39.1 Å². The van der Waals surface area contributed by atoms with E-state index < -0.39 is 6.36 Å². The van der Waals surface area contributed by atoms with Crippen LogP contribution in [0.1, 0.15) is 24.1 Å². The molecular formula is C14H16F3N3O. The molecule has 1 heterocycles. The minimum absolute atomic E-state index is 0.00476. The number of alkyl halides is 3. The van der Waals surface area contributed by atoms with Crippen LogP contribution >= 0.6 is 0 Å². The van der Waals surface area contributed by atoms with Gasteiger partial charge in [-0.1, -0.05) is 12.1 Å². The Kier molecular flexibility index (Phi) is 4.52. The summed E-state index contributed by atoms with van der Waals surface area (Å²) >= 11 is 0. The van der Waals surface area contributed by atoms with Gasteiger partial charge in [-0.25, -0.2) is 0 Å². The van der Waals surface area contributed by atoms with Gasteiger partial charge >= 0.3 is 6.36 Å². The number of hydrogen-bond donors (Lipinski definition) is 1. The number of rotatable bonds is 5. The second kappa shape index (κ2) is 6.17. The third-order valence-electron chi connectivity index (χ3n) is 2.98. The van der Waals surface area contributed by atoms with Crippen LogP contribution in [-0.2, 0) is 13.6 Å². The van der Waals surface area contributed by atoms with Crippen molar-refractivity contribution in [1.29, 1.82) is 0 Å². The smallest absolute Gasteiger partial charge is 0.406 e. The first-order chi connectivity index (χ1) is 9.83. The Hall–Kier alpha value is -2.02. The maximum absolute atomic E-state index is 12.1. The lowest BCUT2D eigenvalue weighted by Gasteiger charge is -2.15. The molecule has 0 saturated carbocycles. The predicted octanol–water partition coefficient (Wildman–Crippen LogP) is 3.17. The van der Waals surface area contributed by atoms with Crippen LogP contribution in [0.25, 0.3) is 0 Å². The maximum Gasteiger partial charge on any atom is 0.573 e. The fourth-order valence-electron chi connectivity index (χ4n) is 1.91. The summed E-state index contributed by atoms with van der Waals surface area (Å²) in [4.78, 5) is 0. The molecule has 0 aliphatic rings. The van der Waals surface area contributed by atoms with Gasteiger partial charge in [-0.2, -0.15) is 5.10 Å². The van der Waals surface area contributed by atoms with Crippen molar-refractivity contribution in [3.8, 4) is 5.75 Å². The van der Waals surface area contributed by atoms with Crippen molar-refractivity contribution in [2.75, 3.05) is 0 Å². The fraction of sp³-hybridized carbons (Fsp3) is 0.357. The zero-order valence-electron chi connectivity index (χ0n) is 11.7. The van der Waals surface area contributed by atoms with Gasteiger partial charge in [0.05, 0.1) is 6.20 Å². The number of aryl methyl sites for hydroxylation is 1. The molecule has 0 aliphatic heterocycles. The van der Waals surface area contributed by atoms with Crippen LogP contribution in [0.3, 0.4) is 0 Å². The van der Waals surface area contributed by atoms with E-state index in [1.54, 1.807) is 23.0 Å². The van der Waals surface area contributed by atoms with Crippen LogP contribution in [0.2, 0.25) is 0 Å². The molecule has 114 valence electrons. The van der Waals surface area contributed by atoms with Crippen LogP contribution in [0.5, 0.6) is 5.75 Å². The van der Waals surface area contributed by atoms with E-state index in [0.717, 1.165) is 11.1 Å². The largest absolute Gasteiger partial charge is 0.573 e. The third-order valence-corrected chi connectivity index (χ3v) is 2.98. The summed E-state index contributed by atoms with van der Waals surface area (Å²) in [5, 5.41) is 7.35. The van der Waals surface area contributed by atoms with E-state index in [1.807, 2.05) is 20.2 Å². The van der Waals surface area contributed by atoms with Gasteiger partial charge in [0.2, 0.25) is 0 Å². The summed E-state index contributed by atoms with van der Waals surface area (Å²) in [6.07, 6.45) is -0.994. The van der Waals surface area contributed by atoms with Crippen LogP contribution in [-0.4, -0.2) is 16.1 Å². The van der Waals surface area contributed by atoms with Gasteiger partial charge in [-0.05, 0) is 24.6 Å².